The van der Waals surface area contributed by atoms with Crippen molar-refractivity contribution in [1.82, 2.24) is 4.90 Å². The molecule has 0 atom stereocenters. The van der Waals surface area contributed by atoms with Gasteiger partial charge in [-0.15, -0.1) is 0 Å². The number of hydrogen-bond acceptors (Lipinski definition) is 2. The van der Waals surface area contributed by atoms with E-state index in [2.05, 4.69) is 104 Å². The number of hydrogen-bond donors (Lipinski definition) is 0. The van der Waals surface area contributed by atoms with Crippen LogP contribution in [0.3, 0.4) is 0 Å². The van der Waals surface area contributed by atoms with Crippen molar-refractivity contribution in [3.8, 4) is 5.75 Å². The Labute approximate surface area is 190 Å². The fourth-order valence-electron chi connectivity index (χ4n) is 3.41. The summed E-state index contributed by atoms with van der Waals surface area (Å²) in [5.41, 5.74) is 6.40. The van der Waals surface area contributed by atoms with Gasteiger partial charge >= 0.3 is 136 Å². The van der Waals surface area contributed by atoms with E-state index in [0.29, 0.717) is 0 Å². The van der Waals surface area contributed by atoms with Crippen LogP contribution >= 0.6 is 0 Å². The Bertz CT molecular complexity index is 904. The molecule has 0 aliphatic rings. The molecule has 3 aromatic rings. The van der Waals surface area contributed by atoms with Crippen LogP contribution in [-0.2, 0) is 0 Å². The summed E-state index contributed by atoms with van der Waals surface area (Å²) in [6.45, 7) is 3.94. The van der Waals surface area contributed by atoms with E-state index in [0.717, 1.165) is 51.1 Å². The maximum absolute atomic E-state index is 5.95. The number of nitrogens with zero attached hydrogens (tertiary/aromatic N) is 1. The molecule has 148 valence electrons. The number of ether oxygens (including phenoxy) is 1. The fraction of sp³-hybridized carbons (Fsp3) is 0.231. The van der Waals surface area contributed by atoms with Crippen molar-refractivity contribution in [3.63, 3.8) is 0 Å². The summed E-state index contributed by atoms with van der Waals surface area (Å²) in [6, 6.07) is 30.0. The van der Waals surface area contributed by atoms with Crippen LogP contribution in [0, 0.1) is 0 Å². The summed E-state index contributed by atoms with van der Waals surface area (Å²) in [4.78, 5) is 2.32. The van der Waals surface area contributed by atoms with E-state index in [-0.39, 0.29) is 0 Å². The molecule has 29 heavy (non-hydrogen) atoms. The van der Waals surface area contributed by atoms with Crippen molar-refractivity contribution in [2.75, 3.05) is 24.3 Å². The molecule has 3 rings (SSSR count). The summed E-state index contributed by atoms with van der Waals surface area (Å²) in [6.07, 6.45) is 0.972. The van der Waals surface area contributed by atoms with Gasteiger partial charge in [-0.1, -0.05) is 55.5 Å². The third kappa shape index (κ3) is 6.03. The van der Waals surface area contributed by atoms with Crippen molar-refractivity contribution in [1.29, 1.82) is 0 Å². The van der Waals surface area contributed by atoms with Crippen molar-refractivity contribution < 1.29 is 4.74 Å². The zero-order valence-corrected chi connectivity index (χ0v) is 21.8. The third-order valence-corrected chi connectivity index (χ3v) is 7.46. The molecule has 2 nitrogen and oxygen atoms in total. The first-order valence-electron chi connectivity index (χ1n) is 10.2. The van der Waals surface area contributed by atoms with Gasteiger partial charge in [-0.25, -0.2) is 0 Å². The Morgan fingerprint density at radius 1 is 0.793 bits per heavy atom. The minimum absolute atomic E-state index is 0.730. The second-order valence-electron chi connectivity index (χ2n) is 7.07. The molecule has 0 aromatic heterocycles. The standard InChI is InChI=1S/C26H28NO.Pb.H/c1-4-25(21-11-7-5-8-12-21)26(22-13-9-6-10-14-22)23-15-17-24(18-16-23)28-20-19-27(2)3;;/h5-18H,2,4,19-20H2,1,3H3;;/b26-25-;;. The van der Waals surface area contributed by atoms with E-state index in [9.17, 15) is 0 Å². The van der Waals surface area contributed by atoms with Crippen LogP contribution < -0.4 is 4.74 Å². The van der Waals surface area contributed by atoms with Gasteiger partial charge in [-0.3, -0.25) is 0 Å². The van der Waals surface area contributed by atoms with Gasteiger partial charge in [0.1, 0.15) is 0 Å². The van der Waals surface area contributed by atoms with Crippen LogP contribution in [0.5, 0.6) is 5.75 Å². The van der Waals surface area contributed by atoms with Gasteiger partial charge in [0.2, 0.25) is 0 Å². The average molecular weight is 579 g/mol. The van der Waals surface area contributed by atoms with Crippen molar-refractivity contribution in [2.45, 2.75) is 13.3 Å². The SMILES string of the molecule is CC/C(=C(\c1ccccc1)c1ccc(OCCN(C)[CH2][PbH])cc1)c1ccccc1. The van der Waals surface area contributed by atoms with Gasteiger partial charge in [-0.05, 0) is 0 Å². The molecule has 3 aromatic carbocycles. The molecule has 0 aliphatic carbocycles. The smallest absolute Gasteiger partial charge is 0.0622 e. The van der Waals surface area contributed by atoms with Gasteiger partial charge < -0.3 is 0 Å². The van der Waals surface area contributed by atoms with E-state index in [1.807, 2.05) is 0 Å². The molecule has 0 bridgehead atoms. The van der Waals surface area contributed by atoms with Gasteiger partial charge in [0.25, 0.3) is 0 Å². The Morgan fingerprint density at radius 2 is 1.34 bits per heavy atom. The monoisotopic (exact) mass is 579 g/mol. The second-order valence-corrected chi connectivity index (χ2v) is 8.49. The van der Waals surface area contributed by atoms with Crippen LogP contribution in [0.25, 0.3) is 11.1 Å². The molecular formula is C26H29NOPb. The number of benzene rings is 3. The molecule has 0 unspecified atom stereocenters. The van der Waals surface area contributed by atoms with Gasteiger partial charge in [0, 0.05) is 0 Å². The molecule has 0 N–H and O–H groups in total. The van der Waals surface area contributed by atoms with Crippen molar-refractivity contribution in [2.24, 2.45) is 0 Å². The predicted molar refractivity (Wildman–Crippen MR) is 126 cm³/mol. The first-order valence-corrected chi connectivity index (χ1v) is 13.4. The van der Waals surface area contributed by atoms with E-state index >= 15 is 0 Å². The van der Waals surface area contributed by atoms with Crippen LogP contribution in [0.4, 0.5) is 0 Å². The van der Waals surface area contributed by atoms with Gasteiger partial charge in [0.05, 0.1) is 0 Å². The molecule has 0 aliphatic heterocycles. The van der Waals surface area contributed by atoms with Crippen molar-refractivity contribution in [3.05, 3.63) is 102 Å². The Morgan fingerprint density at radius 3 is 1.90 bits per heavy atom. The molecule has 0 saturated heterocycles. The molecular weight excluding hydrogens is 549 g/mol. The average Bonchev–Trinajstić information content (AvgIpc) is 2.79. The normalized spacial score (nSPS) is 12.0. The minimum atomic E-state index is 0.730. The minimum Gasteiger partial charge on any atom is -0.0622 e. The Kier molecular flexibility index (Phi) is 8.50. The van der Waals surface area contributed by atoms with Gasteiger partial charge in [-0.2, -0.15) is 0 Å². The molecule has 0 spiro atoms. The third-order valence-electron chi connectivity index (χ3n) is 5.04. The van der Waals surface area contributed by atoms with Gasteiger partial charge in [0.15, 0.2) is 0 Å². The summed E-state index contributed by atoms with van der Waals surface area (Å²) in [5.74, 6) is 0.933. The summed E-state index contributed by atoms with van der Waals surface area (Å²) in [7, 11) is 2.15. The molecule has 2 radical (unpaired) electrons. The van der Waals surface area contributed by atoms with E-state index in [1.165, 1.54) is 31.9 Å². The summed E-state index contributed by atoms with van der Waals surface area (Å²) in [5, 5.41) is 0. The summed E-state index contributed by atoms with van der Waals surface area (Å²) < 4.78 is 7.15. The molecule has 0 amide bonds. The van der Waals surface area contributed by atoms with E-state index in [4.69, 9.17) is 4.74 Å². The van der Waals surface area contributed by atoms with Crippen LogP contribution in [0.2, 0.25) is 0 Å². The second kappa shape index (κ2) is 11.3. The first-order chi connectivity index (χ1) is 14.2. The van der Waals surface area contributed by atoms with Crippen LogP contribution in [-0.4, -0.2) is 55.0 Å². The Balaban J connectivity index is 1.94. The fourth-order valence-corrected chi connectivity index (χ4v) is 4.12. The number of rotatable bonds is 9. The topological polar surface area (TPSA) is 12.5 Å². The quantitative estimate of drug-likeness (QED) is 0.255. The molecule has 0 fully saturated rings. The predicted octanol–water partition coefficient (Wildman–Crippen LogP) is 5.22. The number of allylic oxidation sites excluding steroid dienone is 1. The van der Waals surface area contributed by atoms with E-state index in [1.54, 1.807) is 0 Å². The number of likely N-dealkylation sites (N-methyl/N-ethyl adjacent to an activating group) is 1. The zero-order valence-electron chi connectivity index (χ0n) is 17.3. The summed E-state index contributed by atoms with van der Waals surface area (Å²) >= 11 is 1.00. The van der Waals surface area contributed by atoms with Crippen LogP contribution in [0.1, 0.15) is 30.0 Å². The molecule has 0 saturated carbocycles. The zero-order chi connectivity index (χ0) is 20.5. The van der Waals surface area contributed by atoms with Crippen LogP contribution in [0.15, 0.2) is 84.9 Å². The molecule has 3 heteroatoms. The maximum atomic E-state index is 5.95. The first kappa shape index (κ1) is 21.8. The molecule has 0 heterocycles. The van der Waals surface area contributed by atoms with E-state index < -0.39 is 0 Å². The van der Waals surface area contributed by atoms with Crippen molar-refractivity contribution >= 4 is 36.9 Å². The Hall–Kier alpha value is -1.92.